The lowest BCUT2D eigenvalue weighted by Crippen LogP contribution is -2.35. The number of aromatic nitrogens is 2. The van der Waals surface area contributed by atoms with Crippen LogP contribution in [0.15, 0.2) is 0 Å². The van der Waals surface area contributed by atoms with E-state index < -0.39 is 0 Å². The van der Waals surface area contributed by atoms with E-state index in [9.17, 15) is 0 Å². The average Bonchev–Trinajstić information content (AvgIpc) is 2.76. The summed E-state index contributed by atoms with van der Waals surface area (Å²) < 4.78 is 4.38. The van der Waals surface area contributed by atoms with Crippen molar-refractivity contribution in [1.82, 2.24) is 9.36 Å². The van der Waals surface area contributed by atoms with Crippen LogP contribution in [0.2, 0.25) is 0 Å². The van der Waals surface area contributed by atoms with E-state index in [1.165, 1.54) is 18.0 Å². The summed E-state index contributed by atoms with van der Waals surface area (Å²) in [5.74, 6) is 0.909. The predicted octanol–water partition coefficient (Wildman–Crippen LogP) is 2.13. The Balaban J connectivity index is 2.03. The Morgan fingerprint density at radius 2 is 2.12 bits per heavy atom. The summed E-state index contributed by atoms with van der Waals surface area (Å²) in [5.41, 5.74) is 6.04. The molecule has 1 aromatic heterocycles. The van der Waals surface area contributed by atoms with E-state index in [4.69, 9.17) is 5.73 Å². The average molecular weight is 240 g/mol. The first-order valence-corrected chi connectivity index (χ1v) is 6.60. The van der Waals surface area contributed by atoms with Crippen molar-refractivity contribution in [3.05, 3.63) is 5.82 Å². The summed E-state index contributed by atoms with van der Waals surface area (Å²) in [6, 6.07) is 0.641. The highest BCUT2D eigenvalue weighted by molar-refractivity contribution is 7.09. The Hall–Kier alpha value is -0.680. The Labute approximate surface area is 101 Å². The van der Waals surface area contributed by atoms with Crippen LogP contribution >= 0.6 is 11.5 Å². The lowest BCUT2D eigenvalue weighted by molar-refractivity contribution is 0.554. The van der Waals surface area contributed by atoms with Crippen LogP contribution in [0.25, 0.3) is 0 Å². The normalized spacial score (nSPS) is 26.0. The minimum absolute atomic E-state index is 0.0220. The molecule has 1 heterocycles. The lowest BCUT2D eigenvalue weighted by Gasteiger charge is -2.16. The van der Waals surface area contributed by atoms with E-state index in [0.717, 1.165) is 23.8 Å². The number of nitrogens with one attached hydrogen (secondary N) is 1. The molecule has 0 aromatic carbocycles. The molecule has 3 N–H and O–H groups in total. The van der Waals surface area contributed by atoms with Gasteiger partial charge in [-0.15, -0.1) is 0 Å². The summed E-state index contributed by atoms with van der Waals surface area (Å²) in [6.45, 7) is 6.38. The minimum Gasteiger partial charge on any atom is -0.356 e. The monoisotopic (exact) mass is 240 g/mol. The topological polar surface area (TPSA) is 63.8 Å². The van der Waals surface area contributed by atoms with Crippen LogP contribution in [0.1, 0.15) is 45.9 Å². The molecule has 1 fully saturated rings. The molecular weight excluding hydrogens is 220 g/mol. The molecule has 4 nitrogen and oxygen atoms in total. The van der Waals surface area contributed by atoms with Crippen LogP contribution in [0, 0.1) is 0 Å². The molecule has 2 rings (SSSR count). The van der Waals surface area contributed by atoms with Crippen molar-refractivity contribution in [3.8, 4) is 0 Å². The maximum atomic E-state index is 6.01. The number of nitrogens with two attached hydrogens (primary N) is 1. The Morgan fingerprint density at radius 3 is 2.62 bits per heavy atom. The molecule has 0 spiro atoms. The summed E-state index contributed by atoms with van der Waals surface area (Å²) in [7, 11) is 0. The number of anilines is 1. The fourth-order valence-electron chi connectivity index (χ4n) is 1.91. The highest BCUT2D eigenvalue weighted by Gasteiger charge is 2.26. The maximum Gasteiger partial charge on any atom is 0.202 e. The van der Waals surface area contributed by atoms with Gasteiger partial charge < -0.3 is 11.1 Å². The predicted molar refractivity (Wildman–Crippen MR) is 67.8 cm³/mol. The molecule has 2 atom stereocenters. The van der Waals surface area contributed by atoms with Gasteiger partial charge in [-0.2, -0.15) is 4.37 Å². The first-order valence-electron chi connectivity index (χ1n) is 5.83. The minimum atomic E-state index is 0.0220. The largest absolute Gasteiger partial charge is 0.356 e. The second-order valence-corrected chi connectivity index (χ2v) is 6.27. The number of rotatable bonds is 2. The number of hydrogen-bond acceptors (Lipinski definition) is 5. The number of nitrogens with zero attached hydrogens (tertiary/aromatic N) is 2. The smallest absolute Gasteiger partial charge is 0.202 e. The van der Waals surface area contributed by atoms with Gasteiger partial charge >= 0.3 is 0 Å². The molecule has 1 saturated carbocycles. The zero-order valence-corrected chi connectivity index (χ0v) is 11.0. The number of hydrogen-bond donors (Lipinski definition) is 2. The third-order valence-electron chi connectivity index (χ3n) is 2.98. The molecule has 1 aromatic rings. The lowest BCUT2D eigenvalue weighted by atomic mass is 9.96. The van der Waals surface area contributed by atoms with Crippen LogP contribution in [-0.2, 0) is 5.41 Å². The quantitative estimate of drug-likeness (QED) is 0.831. The van der Waals surface area contributed by atoms with Crippen molar-refractivity contribution in [2.24, 2.45) is 5.73 Å². The molecule has 0 bridgehead atoms. The van der Waals surface area contributed by atoms with E-state index in [1.807, 2.05) is 0 Å². The molecule has 1 aliphatic carbocycles. The summed E-state index contributed by atoms with van der Waals surface area (Å²) in [5, 5.41) is 4.31. The van der Waals surface area contributed by atoms with Crippen molar-refractivity contribution in [3.63, 3.8) is 0 Å². The van der Waals surface area contributed by atoms with Gasteiger partial charge in [-0.3, -0.25) is 0 Å². The third kappa shape index (κ3) is 2.52. The van der Waals surface area contributed by atoms with E-state index in [1.54, 1.807) is 0 Å². The molecule has 1 aliphatic rings. The van der Waals surface area contributed by atoms with Gasteiger partial charge in [-0.25, -0.2) is 4.98 Å². The van der Waals surface area contributed by atoms with Crippen molar-refractivity contribution in [1.29, 1.82) is 0 Å². The van der Waals surface area contributed by atoms with Crippen LogP contribution in [0.4, 0.5) is 5.13 Å². The zero-order chi connectivity index (χ0) is 11.8. The standard InChI is InChI=1S/C11H20N4S/c1-11(2,3)9-14-10(16-15-9)13-8-6-4-5-7(8)12/h7-8H,4-6,12H2,1-3H3,(H,13,14,15). The molecular formula is C11H20N4S. The van der Waals surface area contributed by atoms with Crippen molar-refractivity contribution < 1.29 is 0 Å². The third-order valence-corrected chi connectivity index (χ3v) is 3.62. The van der Waals surface area contributed by atoms with Gasteiger partial charge in [0.2, 0.25) is 5.13 Å². The zero-order valence-electron chi connectivity index (χ0n) is 10.2. The van der Waals surface area contributed by atoms with E-state index in [-0.39, 0.29) is 11.5 Å². The highest BCUT2D eigenvalue weighted by atomic mass is 32.1. The van der Waals surface area contributed by atoms with Gasteiger partial charge in [0.15, 0.2) is 0 Å². The molecule has 16 heavy (non-hydrogen) atoms. The second kappa shape index (κ2) is 4.30. The van der Waals surface area contributed by atoms with Gasteiger partial charge in [-0.05, 0) is 19.3 Å². The summed E-state index contributed by atoms with van der Waals surface area (Å²) in [6.07, 6.45) is 3.47. The van der Waals surface area contributed by atoms with Gasteiger partial charge in [0.1, 0.15) is 5.82 Å². The summed E-state index contributed by atoms with van der Waals surface area (Å²) in [4.78, 5) is 4.52. The second-order valence-electron chi connectivity index (χ2n) is 5.52. The SMILES string of the molecule is CC(C)(C)c1nsc(NC2CCCC2N)n1. The van der Waals surface area contributed by atoms with Crippen LogP contribution < -0.4 is 11.1 Å². The van der Waals surface area contributed by atoms with E-state index >= 15 is 0 Å². The molecule has 0 radical (unpaired) electrons. The fraction of sp³-hybridized carbons (Fsp3) is 0.818. The Bertz CT molecular complexity index is 355. The molecule has 0 amide bonds. The maximum absolute atomic E-state index is 6.01. The molecule has 2 unspecified atom stereocenters. The van der Waals surface area contributed by atoms with Crippen molar-refractivity contribution >= 4 is 16.7 Å². The Morgan fingerprint density at radius 1 is 1.38 bits per heavy atom. The first kappa shape index (κ1) is 11.8. The summed E-state index contributed by atoms with van der Waals surface area (Å²) >= 11 is 1.44. The molecule has 5 heteroatoms. The van der Waals surface area contributed by atoms with Crippen LogP contribution in [0.3, 0.4) is 0 Å². The molecule has 0 aliphatic heterocycles. The van der Waals surface area contributed by atoms with Crippen molar-refractivity contribution in [2.45, 2.75) is 57.5 Å². The fourth-order valence-corrected chi connectivity index (χ4v) is 2.73. The molecule has 90 valence electrons. The highest BCUT2D eigenvalue weighted by Crippen LogP contribution is 2.26. The van der Waals surface area contributed by atoms with Gasteiger partial charge in [0.05, 0.1) is 0 Å². The van der Waals surface area contributed by atoms with Gasteiger partial charge in [-0.1, -0.05) is 20.8 Å². The Kier molecular flexibility index (Phi) is 3.17. The van der Waals surface area contributed by atoms with E-state index in [2.05, 4.69) is 35.4 Å². The van der Waals surface area contributed by atoms with Crippen molar-refractivity contribution in [2.75, 3.05) is 5.32 Å². The van der Waals surface area contributed by atoms with E-state index in [0.29, 0.717) is 6.04 Å². The van der Waals surface area contributed by atoms with Gasteiger partial charge in [0, 0.05) is 29.0 Å². The first-order chi connectivity index (χ1) is 7.47. The molecule has 0 saturated heterocycles. The van der Waals surface area contributed by atoms with Crippen LogP contribution in [0.5, 0.6) is 0 Å². The van der Waals surface area contributed by atoms with Gasteiger partial charge in [0.25, 0.3) is 0 Å². The van der Waals surface area contributed by atoms with Crippen LogP contribution in [-0.4, -0.2) is 21.4 Å².